The van der Waals surface area contributed by atoms with Crippen LogP contribution < -0.4 is 9.62 Å². The van der Waals surface area contributed by atoms with Crippen molar-refractivity contribution in [3.8, 4) is 0 Å². The molecule has 0 aliphatic rings. The van der Waals surface area contributed by atoms with Crippen LogP contribution in [0.25, 0.3) is 0 Å². The van der Waals surface area contributed by atoms with E-state index < -0.39 is 28.5 Å². The molecule has 0 spiro atoms. The molecule has 0 saturated heterocycles. The van der Waals surface area contributed by atoms with Crippen molar-refractivity contribution in [3.05, 3.63) is 93.4 Å². The number of sulfonamides is 1. The third-order valence-electron chi connectivity index (χ3n) is 6.13. The summed E-state index contributed by atoms with van der Waals surface area (Å²) in [6, 6.07) is 21.2. The van der Waals surface area contributed by atoms with E-state index in [1.54, 1.807) is 49.4 Å². The highest BCUT2D eigenvalue weighted by molar-refractivity contribution is 9.10. The molecule has 2 amide bonds. The highest BCUT2D eigenvalue weighted by Gasteiger charge is 2.32. The number of carbonyl (C=O) groups excluding carboxylic acids is 2. The van der Waals surface area contributed by atoms with E-state index in [2.05, 4.69) is 37.2 Å². The minimum absolute atomic E-state index is 0.0644. The van der Waals surface area contributed by atoms with Gasteiger partial charge < -0.3 is 10.2 Å². The molecular weight excluding hydrogens is 634 g/mol. The maximum absolute atomic E-state index is 13.9. The summed E-state index contributed by atoms with van der Waals surface area (Å²) in [6.07, 6.45) is 0.741. The molecule has 10 heteroatoms. The second kappa shape index (κ2) is 13.4. The second-order valence-corrected chi connectivity index (χ2v) is 12.6. The van der Waals surface area contributed by atoms with E-state index in [1.807, 2.05) is 38.1 Å². The first kappa shape index (κ1) is 29.9. The number of benzene rings is 3. The monoisotopic (exact) mass is 663 g/mol. The van der Waals surface area contributed by atoms with Crippen LogP contribution in [0.3, 0.4) is 0 Å². The summed E-state index contributed by atoms with van der Waals surface area (Å²) in [5.41, 5.74) is 1.14. The summed E-state index contributed by atoms with van der Waals surface area (Å²) >= 11 is 6.83. The third kappa shape index (κ3) is 7.68. The van der Waals surface area contributed by atoms with Crippen molar-refractivity contribution in [2.75, 3.05) is 10.8 Å². The fourth-order valence-corrected chi connectivity index (χ4v) is 5.88. The average molecular weight is 665 g/mol. The molecule has 0 aliphatic heterocycles. The highest BCUT2D eigenvalue weighted by Crippen LogP contribution is 2.26. The summed E-state index contributed by atoms with van der Waals surface area (Å²) in [5, 5.41) is 2.93. The normalized spacial score (nSPS) is 12.9. The Morgan fingerprint density at radius 3 is 2.16 bits per heavy atom. The van der Waals surface area contributed by atoms with Crippen LogP contribution in [0.2, 0.25) is 0 Å². The van der Waals surface area contributed by atoms with Gasteiger partial charge in [-0.1, -0.05) is 69.1 Å². The Balaban J connectivity index is 2.01. The minimum Gasteiger partial charge on any atom is -0.352 e. The number of hydrogen-bond donors (Lipinski definition) is 1. The van der Waals surface area contributed by atoms with Crippen molar-refractivity contribution < 1.29 is 18.0 Å². The smallest absolute Gasteiger partial charge is 0.264 e. The molecule has 38 heavy (non-hydrogen) atoms. The maximum Gasteiger partial charge on any atom is 0.264 e. The van der Waals surface area contributed by atoms with Crippen LogP contribution in [-0.4, -0.2) is 43.8 Å². The second-order valence-electron chi connectivity index (χ2n) is 8.95. The van der Waals surface area contributed by atoms with E-state index in [1.165, 1.54) is 17.0 Å². The Kier molecular flexibility index (Phi) is 10.5. The molecule has 202 valence electrons. The van der Waals surface area contributed by atoms with Gasteiger partial charge in [0.25, 0.3) is 10.0 Å². The first-order valence-electron chi connectivity index (χ1n) is 12.2. The Labute approximate surface area is 241 Å². The van der Waals surface area contributed by atoms with Crippen molar-refractivity contribution >= 4 is 59.4 Å². The molecule has 3 aromatic carbocycles. The fourth-order valence-electron chi connectivity index (χ4n) is 3.74. The van der Waals surface area contributed by atoms with Crippen molar-refractivity contribution in [2.24, 2.45) is 0 Å². The molecule has 7 nitrogen and oxygen atoms in total. The number of carbonyl (C=O) groups is 2. The zero-order valence-electron chi connectivity index (χ0n) is 21.5. The number of halogens is 2. The molecule has 2 atom stereocenters. The summed E-state index contributed by atoms with van der Waals surface area (Å²) < 4.78 is 30.1. The van der Waals surface area contributed by atoms with Gasteiger partial charge in [0.2, 0.25) is 11.8 Å². The van der Waals surface area contributed by atoms with Crippen LogP contribution in [0.4, 0.5) is 5.69 Å². The average Bonchev–Trinajstić information content (AvgIpc) is 2.90. The van der Waals surface area contributed by atoms with Gasteiger partial charge in [-0.2, -0.15) is 0 Å². The number of nitrogens with zero attached hydrogens (tertiary/aromatic N) is 2. The Morgan fingerprint density at radius 1 is 0.895 bits per heavy atom. The van der Waals surface area contributed by atoms with E-state index >= 15 is 0 Å². The standard InChI is InChI=1S/C28H31Br2N3O4S/c1-4-20(2)31-28(35)21(3)32(18-22-9-8-10-24(30)17-22)27(34)19-33(25-15-13-23(29)14-16-25)38(36,37)26-11-6-5-7-12-26/h5-17,20-21H,4,18-19H2,1-3H3,(H,31,35). The molecule has 0 bridgehead atoms. The van der Waals surface area contributed by atoms with Gasteiger partial charge in [0.05, 0.1) is 10.6 Å². The van der Waals surface area contributed by atoms with E-state index in [0.717, 1.165) is 25.2 Å². The number of anilines is 1. The van der Waals surface area contributed by atoms with Crippen molar-refractivity contribution in [1.29, 1.82) is 0 Å². The molecular formula is C28H31Br2N3O4S. The van der Waals surface area contributed by atoms with Gasteiger partial charge in [-0.25, -0.2) is 8.42 Å². The summed E-state index contributed by atoms with van der Waals surface area (Å²) in [6.45, 7) is 5.17. The molecule has 0 heterocycles. The fraction of sp³-hybridized carbons (Fsp3) is 0.286. The number of hydrogen-bond acceptors (Lipinski definition) is 4. The van der Waals surface area contributed by atoms with Gasteiger partial charge in [0, 0.05) is 21.5 Å². The molecule has 3 aromatic rings. The van der Waals surface area contributed by atoms with Gasteiger partial charge >= 0.3 is 0 Å². The molecule has 0 aliphatic carbocycles. The first-order valence-corrected chi connectivity index (χ1v) is 15.2. The lowest BCUT2D eigenvalue weighted by molar-refractivity contribution is -0.139. The van der Waals surface area contributed by atoms with Crippen LogP contribution in [0.1, 0.15) is 32.8 Å². The van der Waals surface area contributed by atoms with Gasteiger partial charge in [-0.15, -0.1) is 0 Å². The van der Waals surface area contributed by atoms with Crippen LogP contribution in [0.5, 0.6) is 0 Å². The molecule has 0 radical (unpaired) electrons. The lowest BCUT2D eigenvalue weighted by atomic mass is 10.1. The van der Waals surface area contributed by atoms with Gasteiger partial charge in [-0.3, -0.25) is 13.9 Å². The minimum atomic E-state index is -4.08. The number of nitrogens with one attached hydrogen (secondary N) is 1. The zero-order chi connectivity index (χ0) is 27.9. The highest BCUT2D eigenvalue weighted by atomic mass is 79.9. The topological polar surface area (TPSA) is 86.8 Å². The largest absolute Gasteiger partial charge is 0.352 e. The number of rotatable bonds is 11. The molecule has 2 unspecified atom stereocenters. The van der Waals surface area contributed by atoms with E-state index in [4.69, 9.17) is 0 Å². The van der Waals surface area contributed by atoms with E-state index in [-0.39, 0.29) is 23.4 Å². The quantitative estimate of drug-likeness (QED) is 0.283. The lowest BCUT2D eigenvalue weighted by Gasteiger charge is -2.32. The van der Waals surface area contributed by atoms with Gasteiger partial charge in [0.1, 0.15) is 12.6 Å². The van der Waals surface area contributed by atoms with Crippen molar-refractivity contribution in [1.82, 2.24) is 10.2 Å². The van der Waals surface area contributed by atoms with Crippen LogP contribution in [0.15, 0.2) is 92.7 Å². The predicted octanol–water partition coefficient (Wildman–Crippen LogP) is 5.74. The predicted molar refractivity (Wildman–Crippen MR) is 157 cm³/mol. The lowest BCUT2D eigenvalue weighted by Crippen LogP contribution is -2.52. The SMILES string of the molecule is CCC(C)NC(=O)C(C)N(Cc1cccc(Br)c1)C(=O)CN(c1ccc(Br)cc1)S(=O)(=O)c1ccccc1. The Hall–Kier alpha value is -2.69. The molecule has 0 saturated carbocycles. The maximum atomic E-state index is 13.9. The van der Waals surface area contributed by atoms with E-state index in [9.17, 15) is 18.0 Å². The Bertz CT molecular complexity index is 1350. The molecule has 0 fully saturated rings. The molecule has 0 aromatic heterocycles. The van der Waals surface area contributed by atoms with E-state index in [0.29, 0.717) is 5.69 Å². The van der Waals surface area contributed by atoms with Gasteiger partial charge in [-0.05, 0) is 74.4 Å². The Morgan fingerprint density at radius 2 is 1.55 bits per heavy atom. The number of amides is 2. The summed E-state index contributed by atoms with van der Waals surface area (Å²) in [5.74, 6) is -0.803. The van der Waals surface area contributed by atoms with Crippen LogP contribution in [-0.2, 0) is 26.2 Å². The molecule has 3 rings (SSSR count). The third-order valence-corrected chi connectivity index (χ3v) is 8.94. The van der Waals surface area contributed by atoms with Crippen LogP contribution in [0, 0.1) is 0 Å². The zero-order valence-corrected chi connectivity index (χ0v) is 25.5. The van der Waals surface area contributed by atoms with Crippen molar-refractivity contribution in [2.45, 2.75) is 50.7 Å². The van der Waals surface area contributed by atoms with Gasteiger partial charge in [0.15, 0.2) is 0 Å². The summed E-state index contributed by atoms with van der Waals surface area (Å²) in [4.78, 5) is 28.4. The first-order chi connectivity index (χ1) is 18.0. The van der Waals surface area contributed by atoms with Crippen molar-refractivity contribution in [3.63, 3.8) is 0 Å². The van der Waals surface area contributed by atoms with Crippen LogP contribution >= 0.6 is 31.9 Å². The summed E-state index contributed by atoms with van der Waals surface area (Å²) in [7, 11) is -4.08. The molecule has 1 N–H and O–H groups in total.